The molecule has 1 fully saturated rings. The van der Waals surface area contributed by atoms with Gasteiger partial charge >= 0.3 is 23.5 Å². The molecule has 0 aromatic carbocycles. The van der Waals surface area contributed by atoms with Gasteiger partial charge in [0.2, 0.25) is 0 Å². The second-order valence-corrected chi connectivity index (χ2v) is 10.4. The monoisotopic (exact) mass is 522 g/mol. The summed E-state index contributed by atoms with van der Waals surface area (Å²) < 4.78 is 51.9. The van der Waals surface area contributed by atoms with Crippen LogP contribution in [0, 0.1) is 0 Å². The highest BCUT2D eigenvalue weighted by atomic mass is 31.3. The Morgan fingerprint density at radius 2 is 1.71 bits per heavy atom. The Morgan fingerprint density at radius 1 is 1.03 bits per heavy atom. The molecule has 3 heterocycles. The van der Waals surface area contributed by atoms with Crippen molar-refractivity contribution < 1.29 is 61.4 Å². The fourth-order valence-corrected chi connectivity index (χ4v) is 5.65. The van der Waals surface area contributed by atoms with Crippen molar-refractivity contribution in [2.75, 3.05) is 12.3 Å². The van der Waals surface area contributed by atoms with Gasteiger partial charge in [0.25, 0.3) is 0 Å². The Morgan fingerprint density at radius 3 is 2.35 bits per heavy atom. The Bertz CT molecular complexity index is 1100. The van der Waals surface area contributed by atoms with Crippen LogP contribution in [-0.2, 0) is 31.6 Å². The van der Waals surface area contributed by atoms with Crippen molar-refractivity contribution >= 4 is 40.4 Å². The van der Waals surface area contributed by atoms with Crippen LogP contribution in [0.4, 0.5) is 5.82 Å². The van der Waals surface area contributed by atoms with Gasteiger partial charge in [-0.2, -0.15) is 8.62 Å². The zero-order valence-corrected chi connectivity index (χ0v) is 17.6. The second-order valence-electron chi connectivity index (χ2n) is 6.02. The number of phosphoric ester groups is 1. The van der Waals surface area contributed by atoms with Crippen LogP contribution < -0.4 is 5.73 Å². The van der Waals surface area contributed by atoms with E-state index >= 15 is 0 Å². The minimum atomic E-state index is -5.70. The smallest absolute Gasteiger partial charge is 0.387 e. The molecule has 0 amide bonds. The first-order chi connectivity index (χ1) is 14.2. The standard InChI is InChI=1S/C10H16N5O13P3/c11-8-5-9(13-2-12-8)15(3-14-5)10-7(17)6(16)4(26-10)1-25-30(21,22)28-31(23,24)27-29(18,19)20/h2-4,6-7,10,16-17H,1H2,(H,21,22)(H,23,24)(H2,11,12,13)(H2,18,19,20)/t4-,6-,7-,10-/m1/s1/i1+1,2+1,3+1,4+1,5+1,6+1,7+1,8+1,9+1,10+1,11+1,12+1,13+1,14+1,15+1. The normalized spacial score (nSPS) is 28.5. The van der Waals surface area contributed by atoms with Crippen LogP contribution in [0.5, 0.6) is 0 Å². The molecule has 0 spiro atoms. The van der Waals surface area contributed by atoms with Crippen LogP contribution in [0.2, 0.25) is 0 Å². The molecule has 2 unspecified atom stereocenters. The molecule has 18 nitrogen and oxygen atoms in total. The number of hydrogen-bond acceptors (Lipinski definition) is 13. The van der Waals surface area contributed by atoms with Gasteiger partial charge < -0.3 is 40.3 Å². The van der Waals surface area contributed by atoms with Gasteiger partial charge in [-0.1, -0.05) is 0 Å². The van der Waals surface area contributed by atoms with E-state index in [1.807, 2.05) is 0 Å². The number of nitrogens with zero attached hydrogens (tertiary/aromatic N) is 4. The van der Waals surface area contributed by atoms with Gasteiger partial charge in [0, 0.05) is 0 Å². The van der Waals surface area contributed by atoms with E-state index in [4.69, 9.17) is 25.2 Å². The van der Waals surface area contributed by atoms with Crippen molar-refractivity contribution in [3.63, 3.8) is 0 Å². The summed E-state index contributed by atoms with van der Waals surface area (Å²) in [6.45, 7) is -0.956. The largest absolute Gasteiger partial charge is 0.490 e. The van der Waals surface area contributed by atoms with Gasteiger partial charge in [0.05, 0.1) is 12.9 Å². The molecular formula is C10H16N5O13P3. The van der Waals surface area contributed by atoms with Crippen LogP contribution in [0.3, 0.4) is 0 Å². The zero-order chi connectivity index (χ0) is 23.2. The Labute approximate surface area is 171 Å². The van der Waals surface area contributed by atoms with Gasteiger partial charge in [-0.15, -0.1) is 0 Å². The Balaban J connectivity index is 1.69. The lowest BCUT2D eigenvalue weighted by Crippen LogP contribution is -2.33. The third-order valence-electron chi connectivity index (χ3n) is 3.82. The Hall–Kier alpha value is -1.36. The number of aromatic nitrogens is 4. The number of aliphatic hydroxyl groups excluding tert-OH is 2. The maximum Gasteiger partial charge on any atom is 0.490 e. The molecule has 0 radical (unpaired) electrons. The van der Waals surface area contributed by atoms with Crippen molar-refractivity contribution in [3.8, 4) is 0 Å². The average molecular weight is 522 g/mol. The molecule has 1 aliphatic heterocycles. The second kappa shape index (κ2) is 8.53. The molecule has 0 saturated carbocycles. The van der Waals surface area contributed by atoms with E-state index in [0.717, 1.165) is 6.33 Å². The number of nitrogen functional groups attached to an aromatic ring is 1. The summed E-state index contributed by atoms with van der Waals surface area (Å²) in [7, 11) is -16.7. The maximum atomic E-state index is 11.8. The summed E-state index contributed by atoms with van der Waals surface area (Å²) >= 11 is 0. The lowest BCUT2D eigenvalue weighted by Gasteiger charge is -2.19. The summed E-state index contributed by atoms with van der Waals surface area (Å²) in [5.41, 5.74) is 6.00. The lowest BCUT2D eigenvalue weighted by atomic mass is 11.1. The van der Waals surface area contributed by atoms with Crippen molar-refractivity contribution in [3.05, 3.63) is 12.7 Å². The minimum Gasteiger partial charge on any atom is -0.387 e. The van der Waals surface area contributed by atoms with Crippen molar-refractivity contribution in [2.45, 2.75) is 24.5 Å². The Kier molecular flexibility index (Phi) is 6.68. The lowest BCUT2D eigenvalue weighted by molar-refractivity contribution is -0.0503. The highest BCUT2D eigenvalue weighted by Gasteiger charge is 2.47. The summed E-state index contributed by atoms with van der Waals surface area (Å²) in [6.07, 6.45) is -3.69. The van der Waals surface area contributed by atoms with E-state index < -0.39 is 54.6 Å². The molecule has 3 rings (SSSR count). The molecule has 1 saturated heterocycles. The average Bonchev–Trinajstić information content (AvgIpc) is 3.13. The zero-order valence-electron chi connectivity index (χ0n) is 14.9. The van der Waals surface area contributed by atoms with Gasteiger partial charge in [0.1, 0.15) is 30.2 Å². The van der Waals surface area contributed by atoms with Gasteiger partial charge in [-0.25, -0.2) is 28.6 Å². The molecule has 0 bridgehead atoms. The summed E-state index contributed by atoms with van der Waals surface area (Å²) in [5.74, 6) is 0.0426. The quantitative estimate of drug-likeness (QED) is 0.116. The first kappa shape index (κ1) is 24.3. The number of nitrogens with two attached hydrogens (primary N) is 1. The van der Waals surface area contributed by atoms with E-state index in [0.29, 0.717) is 0 Å². The first-order valence-corrected chi connectivity index (χ1v) is 12.4. The fourth-order valence-electron chi connectivity index (χ4n) is 2.62. The van der Waals surface area contributed by atoms with E-state index in [2.05, 4.69) is 28.1 Å². The number of imidazole rings is 1. The summed E-state index contributed by atoms with van der Waals surface area (Å²) in [5, 5.41) is 20.4. The van der Waals surface area contributed by atoms with Crippen LogP contribution >= 0.6 is 23.5 Å². The molecule has 1 aliphatic rings. The van der Waals surface area contributed by atoms with E-state index in [9.17, 15) is 28.8 Å². The molecule has 0 aliphatic carbocycles. The van der Waals surface area contributed by atoms with Gasteiger partial charge in [0.15, 0.2) is 17.7 Å². The number of ether oxygens (including phenoxy) is 1. The molecular weight excluding hydrogens is 506 g/mol. The van der Waals surface area contributed by atoms with Crippen LogP contribution in [0.15, 0.2) is 12.7 Å². The topological polar surface area (TPSA) is 279 Å². The molecule has 31 heavy (non-hydrogen) atoms. The van der Waals surface area contributed by atoms with E-state index in [1.165, 1.54) is 10.9 Å². The third-order valence-corrected chi connectivity index (χ3v) is 7.62. The van der Waals surface area contributed by atoms with E-state index in [1.54, 1.807) is 0 Å². The molecule has 8 N–H and O–H groups in total. The number of hydrogen-bond donors (Lipinski definition) is 7. The third kappa shape index (κ3) is 5.71. The predicted octanol–water partition coefficient (Wildman–Crippen LogP) is -1.63. The predicted molar refractivity (Wildman–Crippen MR) is 95.5 cm³/mol. The van der Waals surface area contributed by atoms with Crippen molar-refractivity contribution in [1.29, 1.82) is 0 Å². The first-order valence-electron chi connectivity index (χ1n) is 7.92. The number of phosphoric acid groups is 3. The molecule has 6 atom stereocenters. The number of aliphatic hydroxyl groups is 2. The summed E-state index contributed by atoms with van der Waals surface area (Å²) in [4.78, 5) is 47.2. The highest BCUT2D eigenvalue weighted by Crippen LogP contribution is 2.66. The molecule has 2 aromatic rings. The SMILES string of the molecule is [15NH2][13c]1[15n][13cH][15n][13c]2[13c]1[15n][13cH][15n]2[13C@@H]1O[13C@H]([13CH2]OP(=O)(O)OP(=O)(O)OP(=O)(O)O)[13C@@H](O)[13C@H]1O. The number of rotatable bonds is 8. The van der Waals surface area contributed by atoms with Crippen molar-refractivity contribution in [2.24, 2.45) is 0 Å². The van der Waals surface area contributed by atoms with Crippen LogP contribution in [-0.4, -0.2) is 74.2 Å². The fraction of sp³-hybridized carbons (Fsp3) is 0.500. The molecule has 174 valence electrons. The van der Waals surface area contributed by atoms with E-state index in [-0.39, 0.29) is 17.0 Å². The minimum absolute atomic E-state index is 0.0426. The highest BCUT2D eigenvalue weighted by molar-refractivity contribution is 7.66. The molecule has 21 heteroatoms. The number of fused-ring (bicyclic) bond motifs is 1. The summed E-state index contributed by atoms with van der Waals surface area (Å²) in [6, 6.07) is 0. The van der Waals surface area contributed by atoms with Gasteiger partial charge in [-0.3, -0.25) is 9.09 Å². The van der Waals surface area contributed by atoms with Gasteiger partial charge in [-0.05, 0) is 0 Å². The van der Waals surface area contributed by atoms with Crippen molar-refractivity contribution in [1.82, 2.24) is 19.5 Å². The van der Waals surface area contributed by atoms with Crippen LogP contribution in [0.25, 0.3) is 11.2 Å². The van der Waals surface area contributed by atoms with Crippen LogP contribution in [0.1, 0.15) is 6.23 Å². The molecule has 2 aromatic heterocycles. The maximum absolute atomic E-state index is 11.8. The number of anilines is 1.